The van der Waals surface area contributed by atoms with Crippen molar-refractivity contribution in [3.8, 4) is 0 Å². The van der Waals surface area contributed by atoms with Gasteiger partial charge in [0.2, 0.25) is 5.91 Å². The maximum Gasteiger partial charge on any atom is 0.329 e. The summed E-state index contributed by atoms with van der Waals surface area (Å²) >= 11 is 0. The predicted molar refractivity (Wildman–Crippen MR) is 114 cm³/mol. The van der Waals surface area contributed by atoms with Gasteiger partial charge in [0, 0.05) is 11.9 Å². The number of hydrogen-bond acceptors (Lipinski definition) is 5. The highest BCUT2D eigenvalue weighted by Crippen LogP contribution is 2.27. The lowest BCUT2D eigenvalue weighted by molar-refractivity contribution is -0.163. The zero-order valence-electron chi connectivity index (χ0n) is 17.6. The Kier molecular flexibility index (Phi) is 6.20. The molecule has 1 aromatic carbocycles. The largest absolute Gasteiger partial charge is 0.460 e. The van der Waals surface area contributed by atoms with Crippen LogP contribution in [0.5, 0.6) is 0 Å². The average Bonchev–Trinajstić information content (AvgIpc) is 2.68. The summed E-state index contributed by atoms with van der Waals surface area (Å²) in [4.78, 5) is 44.1. The van der Waals surface area contributed by atoms with Gasteiger partial charge in [0.25, 0.3) is 5.91 Å². The van der Waals surface area contributed by atoms with E-state index in [1.54, 1.807) is 6.07 Å². The Hall–Kier alpha value is -3.22. The normalized spacial score (nSPS) is 17.0. The highest BCUT2D eigenvalue weighted by atomic mass is 16.5. The molecule has 0 aliphatic carbocycles. The quantitative estimate of drug-likeness (QED) is 0.585. The number of carbonyl (C=O) groups is 3. The molecule has 1 aliphatic rings. The Bertz CT molecular complexity index is 980. The van der Waals surface area contributed by atoms with Crippen molar-refractivity contribution in [1.82, 2.24) is 15.2 Å². The first-order chi connectivity index (χ1) is 14.2. The standard InChI is InChI=1S/C23H27N3O4/c1-5-14-30-22(29)18-12-13-26(18)21(28)19(23(2,3)4)25-20(27)17-11-10-15-8-6-7-9-16(15)24-17/h5-11,18-19H,1,12-14H2,2-4H3,(H,25,27)/t18-,19-/m1/s1. The van der Waals surface area contributed by atoms with Crippen LogP contribution in [-0.2, 0) is 14.3 Å². The summed E-state index contributed by atoms with van der Waals surface area (Å²) in [6, 6.07) is 9.54. The van der Waals surface area contributed by atoms with Gasteiger partial charge in [0.05, 0.1) is 5.52 Å². The summed E-state index contributed by atoms with van der Waals surface area (Å²) in [6.07, 6.45) is 2.02. The van der Waals surface area contributed by atoms with Gasteiger partial charge in [0.1, 0.15) is 24.4 Å². The van der Waals surface area contributed by atoms with Crippen molar-refractivity contribution in [3.05, 3.63) is 54.7 Å². The molecule has 3 rings (SSSR count). The van der Waals surface area contributed by atoms with E-state index in [1.807, 2.05) is 51.1 Å². The number of nitrogens with zero attached hydrogens (tertiary/aromatic N) is 2. The molecule has 0 radical (unpaired) electrons. The summed E-state index contributed by atoms with van der Waals surface area (Å²) < 4.78 is 5.08. The second-order valence-electron chi connectivity index (χ2n) is 8.42. The van der Waals surface area contributed by atoms with Crippen LogP contribution in [0.3, 0.4) is 0 Å². The third kappa shape index (κ3) is 4.50. The molecule has 1 saturated heterocycles. The highest BCUT2D eigenvalue weighted by molar-refractivity contribution is 5.99. The first-order valence-corrected chi connectivity index (χ1v) is 9.97. The molecule has 2 aromatic rings. The number of aromatic nitrogens is 1. The lowest BCUT2D eigenvalue weighted by atomic mass is 9.84. The Morgan fingerprint density at radius 1 is 1.27 bits per heavy atom. The smallest absolute Gasteiger partial charge is 0.329 e. The minimum absolute atomic E-state index is 0.102. The Labute approximate surface area is 176 Å². The van der Waals surface area contributed by atoms with Gasteiger partial charge in [-0.1, -0.05) is 57.7 Å². The molecule has 0 unspecified atom stereocenters. The molecule has 30 heavy (non-hydrogen) atoms. The molecule has 0 saturated carbocycles. The van der Waals surface area contributed by atoms with Gasteiger partial charge >= 0.3 is 5.97 Å². The third-order valence-corrected chi connectivity index (χ3v) is 5.14. The second kappa shape index (κ2) is 8.65. The number of rotatable bonds is 6. The molecule has 0 bridgehead atoms. The molecule has 7 heteroatoms. The molecular weight excluding hydrogens is 382 g/mol. The van der Waals surface area contributed by atoms with E-state index in [-0.39, 0.29) is 18.2 Å². The predicted octanol–water partition coefficient (Wildman–Crippen LogP) is 2.71. The minimum atomic E-state index is -0.812. The fraction of sp³-hybridized carbons (Fsp3) is 0.391. The number of nitrogens with one attached hydrogen (secondary N) is 1. The molecule has 2 amide bonds. The topological polar surface area (TPSA) is 88.6 Å². The van der Waals surface area contributed by atoms with Crippen LogP contribution in [0, 0.1) is 5.41 Å². The molecule has 2 heterocycles. The minimum Gasteiger partial charge on any atom is -0.460 e. The van der Waals surface area contributed by atoms with E-state index >= 15 is 0 Å². The Balaban J connectivity index is 1.77. The van der Waals surface area contributed by atoms with Gasteiger partial charge in [-0.2, -0.15) is 0 Å². The number of fused-ring (bicyclic) bond motifs is 1. The van der Waals surface area contributed by atoms with Crippen molar-refractivity contribution in [1.29, 1.82) is 0 Å². The van der Waals surface area contributed by atoms with Gasteiger partial charge < -0.3 is 15.0 Å². The summed E-state index contributed by atoms with van der Waals surface area (Å²) in [5, 5.41) is 3.76. The number of amides is 2. The van der Waals surface area contributed by atoms with Crippen LogP contribution in [0.4, 0.5) is 0 Å². The van der Waals surface area contributed by atoms with E-state index in [0.717, 1.165) is 5.39 Å². The number of likely N-dealkylation sites (tertiary alicyclic amines) is 1. The van der Waals surface area contributed by atoms with Crippen LogP contribution in [0.15, 0.2) is 49.1 Å². The number of esters is 1. The molecular formula is C23H27N3O4. The van der Waals surface area contributed by atoms with Crippen molar-refractivity contribution in [2.45, 2.75) is 39.3 Å². The van der Waals surface area contributed by atoms with E-state index in [1.165, 1.54) is 11.0 Å². The molecule has 7 nitrogen and oxygen atoms in total. The van der Waals surface area contributed by atoms with E-state index in [0.29, 0.717) is 18.5 Å². The van der Waals surface area contributed by atoms with Crippen LogP contribution in [0.25, 0.3) is 10.9 Å². The highest BCUT2D eigenvalue weighted by Gasteiger charge is 2.44. The monoisotopic (exact) mass is 409 g/mol. The van der Waals surface area contributed by atoms with Crippen LogP contribution >= 0.6 is 0 Å². The van der Waals surface area contributed by atoms with E-state index in [9.17, 15) is 14.4 Å². The summed E-state index contributed by atoms with van der Waals surface area (Å²) in [6.45, 7) is 9.68. The van der Waals surface area contributed by atoms with Gasteiger partial charge in [0.15, 0.2) is 0 Å². The molecule has 1 fully saturated rings. The third-order valence-electron chi connectivity index (χ3n) is 5.14. The number of carbonyl (C=O) groups excluding carboxylic acids is 3. The van der Waals surface area contributed by atoms with Gasteiger partial charge in [-0.3, -0.25) is 9.59 Å². The molecule has 1 aliphatic heterocycles. The number of para-hydroxylation sites is 1. The fourth-order valence-corrected chi connectivity index (χ4v) is 3.35. The SMILES string of the molecule is C=CCOC(=O)[C@H]1CCN1C(=O)[C@@H](NC(=O)c1ccc2ccccc2n1)C(C)(C)C. The molecule has 158 valence electrons. The molecule has 2 atom stereocenters. The van der Waals surface area contributed by atoms with Crippen molar-refractivity contribution >= 4 is 28.7 Å². The lowest BCUT2D eigenvalue weighted by Crippen LogP contribution is -2.63. The van der Waals surface area contributed by atoms with Crippen molar-refractivity contribution < 1.29 is 19.1 Å². The van der Waals surface area contributed by atoms with Gasteiger partial charge in [-0.15, -0.1) is 0 Å². The second-order valence-corrected chi connectivity index (χ2v) is 8.42. The first kappa shape index (κ1) is 21.5. The Morgan fingerprint density at radius 2 is 2.00 bits per heavy atom. The van der Waals surface area contributed by atoms with E-state index < -0.39 is 29.4 Å². The van der Waals surface area contributed by atoms with E-state index in [2.05, 4.69) is 16.9 Å². The van der Waals surface area contributed by atoms with Crippen molar-refractivity contribution in [2.24, 2.45) is 5.41 Å². The first-order valence-electron chi connectivity index (χ1n) is 9.97. The maximum atomic E-state index is 13.2. The lowest BCUT2D eigenvalue weighted by Gasteiger charge is -2.43. The maximum absolute atomic E-state index is 13.2. The zero-order valence-corrected chi connectivity index (χ0v) is 17.6. The van der Waals surface area contributed by atoms with Gasteiger partial charge in [-0.05, 0) is 24.0 Å². The summed E-state index contributed by atoms with van der Waals surface area (Å²) in [5.74, 6) is -1.19. The molecule has 1 aromatic heterocycles. The number of ether oxygens (including phenoxy) is 1. The molecule has 1 N–H and O–H groups in total. The molecule has 0 spiro atoms. The van der Waals surface area contributed by atoms with Crippen molar-refractivity contribution in [2.75, 3.05) is 13.2 Å². The van der Waals surface area contributed by atoms with Crippen LogP contribution in [-0.4, -0.2) is 52.9 Å². The number of hydrogen-bond donors (Lipinski definition) is 1. The summed E-state index contributed by atoms with van der Waals surface area (Å²) in [5.41, 5.74) is 0.382. The average molecular weight is 409 g/mol. The van der Waals surface area contributed by atoms with Gasteiger partial charge in [-0.25, -0.2) is 9.78 Å². The van der Waals surface area contributed by atoms with E-state index in [4.69, 9.17) is 4.74 Å². The van der Waals surface area contributed by atoms with Crippen LogP contribution in [0.2, 0.25) is 0 Å². The van der Waals surface area contributed by atoms with Crippen molar-refractivity contribution in [3.63, 3.8) is 0 Å². The summed E-state index contributed by atoms with van der Waals surface area (Å²) in [7, 11) is 0. The van der Waals surface area contributed by atoms with Crippen LogP contribution < -0.4 is 5.32 Å². The number of pyridine rings is 1. The zero-order chi connectivity index (χ0) is 21.9. The fourth-order valence-electron chi connectivity index (χ4n) is 3.35. The number of benzene rings is 1. The Morgan fingerprint density at radius 3 is 2.63 bits per heavy atom. The van der Waals surface area contributed by atoms with Crippen LogP contribution in [0.1, 0.15) is 37.7 Å².